The molecule has 2 amide bonds. The van der Waals surface area contributed by atoms with Crippen LogP contribution in [-0.2, 0) is 14.4 Å². The van der Waals surface area contributed by atoms with Crippen LogP contribution in [0.4, 0.5) is 11.4 Å². The van der Waals surface area contributed by atoms with Gasteiger partial charge in [0.2, 0.25) is 5.91 Å². The summed E-state index contributed by atoms with van der Waals surface area (Å²) < 4.78 is 5.65. The van der Waals surface area contributed by atoms with E-state index in [-0.39, 0.29) is 5.56 Å². The van der Waals surface area contributed by atoms with Crippen LogP contribution in [0.3, 0.4) is 0 Å². The number of aromatic carboxylic acids is 1. The summed E-state index contributed by atoms with van der Waals surface area (Å²) in [6, 6.07) is 21.5. The lowest BCUT2D eigenvalue weighted by molar-refractivity contribution is -0.126. The molecule has 5 rings (SSSR count). The van der Waals surface area contributed by atoms with Gasteiger partial charge in [0, 0.05) is 0 Å². The Morgan fingerprint density at radius 1 is 0.941 bits per heavy atom. The molecule has 2 aliphatic heterocycles. The first kappa shape index (κ1) is 21.7. The minimum absolute atomic E-state index is 0.0473. The third kappa shape index (κ3) is 3.39. The van der Waals surface area contributed by atoms with Crippen molar-refractivity contribution in [3.63, 3.8) is 0 Å². The van der Waals surface area contributed by atoms with Crippen molar-refractivity contribution in [1.82, 2.24) is 0 Å². The number of carboxylic acid groups (broad SMARTS) is 1. The highest BCUT2D eigenvalue weighted by Gasteiger charge is 2.61. The molecule has 2 heterocycles. The normalized spacial score (nSPS) is 21.6. The van der Waals surface area contributed by atoms with Gasteiger partial charge in [0.1, 0.15) is 11.7 Å². The first-order chi connectivity index (χ1) is 16.5. The van der Waals surface area contributed by atoms with Crippen LogP contribution in [0.25, 0.3) is 0 Å². The average molecular weight is 458 g/mol. The number of fused-ring (bicyclic) bond motifs is 1. The fourth-order valence-electron chi connectivity index (χ4n) is 4.64. The zero-order valence-corrected chi connectivity index (χ0v) is 18.3. The zero-order valence-electron chi connectivity index (χ0n) is 18.3. The number of anilines is 2. The predicted octanol–water partition coefficient (Wildman–Crippen LogP) is 3.83. The number of rotatable bonds is 6. The van der Waals surface area contributed by atoms with Gasteiger partial charge in [0.05, 0.1) is 29.6 Å². The highest BCUT2D eigenvalue weighted by Crippen LogP contribution is 2.49. The van der Waals surface area contributed by atoms with Crippen LogP contribution in [-0.4, -0.2) is 35.6 Å². The fraction of sp³-hybridized carbons (Fsp3) is 0.192. The molecule has 0 spiro atoms. The van der Waals surface area contributed by atoms with Gasteiger partial charge in [-0.25, -0.2) is 14.8 Å². The Morgan fingerprint density at radius 2 is 1.62 bits per heavy atom. The fourth-order valence-corrected chi connectivity index (χ4v) is 4.64. The number of carbonyl (C=O) groups is 3. The van der Waals surface area contributed by atoms with Crippen LogP contribution in [0, 0.1) is 5.92 Å². The Morgan fingerprint density at radius 3 is 2.35 bits per heavy atom. The number of imide groups is 1. The maximum atomic E-state index is 13.8. The van der Waals surface area contributed by atoms with Crippen LogP contribution in [0.15, 0.2) is 78.9 Å². The van der Waals surface area contributed by atoms with E-state index in [2.05, 4.69) is 0 Å². The van der Waals surface area contributed by atoms with Gasteiger partial charge < -0.3 is 9.84 Å². The lowest BCUT2D eigenvalue weighted by Gasteiger charge is -2.29. The highest BCUT2D eigenvalue weighted by atomic mass is 16.7. The maximum Gasteiger partial charge on any atom is 0.336 e. The number of hydrogen-bond donors (Lipinski definition) is 1. The zero-order chi connectivity index (χ0) is 23.8. The van der Waals surface area contributed by atoms with E-state index in [0.717, 1.165) is 4.90 Å². The molecule has 8 heteroatoms. The van der Waals surface area contributed by atoms with E-state index < -0.39 is 35.8 Å². The summed E-state index contributed by atoms with van der Waals surface area (Å²) in [6.07, 6.45) is -1.10. The second-order valence-corrected chi connectivity index (χ2v) is 7.96. The van der Waals surface area contributed by atoms with Crippen molar-refractivity contribution in [3.05, 3.63) is 90.0 Å². The number of carbonyl (C=O) groups excluding carboxylic acids is 2. The number of benzene rings is 3. The van der Waals surface area contributed by atoms with Gasteiger partial charge in [-0.1, -0.05) is 48.5 Å². The van der Waals surface area contributed by atoms with Gasteiger partial charge in [-0.05, 0) is 42.8 Å². The van der Waals surface area contributed by atoms with Gasteiger partial charge in [0.25, 0.3) is 5.91 Å². The predicted molar refractivity (Wildman–Crippen MR) is 124 cm³/mol. The lowest BCUT2D eigenvalue weighted by Crippen LogP contribution is -2.38. The van der Waals surface area contributed by atoms with Gasteiger partial charge in [-0.3, -0.25) is 14.4 Å². The van der Waals surface area contributed by atoms with Crippen LogP contribution in [0.5, 0.6) is 5.75 Å². The van der Waals surface area contributed by atoms with Crippen molar-refractivity contribution < 1.29 is 29.1 Å². The number of amides is 2. The van der Waals surface area contributed by atoms with E-state index in [1.807, 2.05) is 13.0 Å². The smallest absolute Gasteiger partial charge is 0.336 e. The molecule has 2 saturated heterocycles. The molecule has 34 heavy (non-hydrogen) atoms. The Hall–Kier alpha value is -4.17. The maximum absolute atomic E-state index is 13.8. The quantitative estimate of drug-likeness (QED) is 0.561. The van der Waals surface area contributed by atoms with Crippen molar-refractivity contribution in [3.8, 4) is 5.75 Å². The third-order valence-corrected chi connectivity index (χ3v) is 6.04. The number of nitrogens with zero attached hydrogens (tertiary/aromatic N) is 2. The second-order valence-electron chi connectivity index (χ2n) is 7.96. The molecule has 3 aromatic carbocycles. The molecule has 2 fully saturated rings. The van der Waals surface area contributed by atoms with Crippen LogP contribution in [0.1, 0.15) is 28.9 Å². The number of carboxylic acids is 1. The number of para-hydroxylation sites is 3. The van der Waals surface area contributed by atoms with Gasteiger partial charge in [-0.15, -0.1) is 0 Å². The molecule has 0 aliphatic carbocycles. The molecular weight excluding hydrogens is 436 g/mol. The third-order valence-electron chi connectivity index (χ3n) is 6.04. The number of hydrogen-bond acceptors (Lipinski definition) is 6. The Balaban J connectivity index is 1.63. The summed E-state index contributed by atoms with van der Waals surface area (Å²) in [4.78, 5) is 46.5. The van der Waals surface area contributed by atoms with Crippen molar-refractivity contribution in [1.29, 1.82) is 0 Å². The van der Waals surface area contributed by atoms with Crippen molar-refractivity contribution >= 4 is 29.2 Å². The van der Waals surface area contributed by atoms with Gasteiger partial charge in [0.15, 0.2) is 6.10 Å². The van der Waals surface area contributed by atoms with E-state index in [1.165, 1.54) is 11.1 Å². The summed E-state index contributed by atoms with van der Waals surface area (Å²) >= 11 is 0. The molecule has 0 aromatic heterocycles. The van der Waals surface area contributed by atoms with Crippen LogP contribution >= 0.6 is 0 Å². The molecule has 0 radical (unpaired) electrons. The molecule has 0 unspecified atom stereocenters. The largest absolute Gasteiger partial charge is 0.492 e. The Kier molecular flexibility index (Phi) is 5.51. The summed E-state index contributed by atoms with van der Waals surface area (Å²) in [5.74, 6) is -2.64. The molecule has 1 N–H and O–H groups in total. The molecule has 8 nitrogen and oxygen atoms in total. The topological polar surface area (TPSA) is 96.4 Å². The average Bonchev–Trinajstić information content (AvgIpc) is 3.36. The lowest BCUT2D eigenvalue weighted by atomic mass is 9.88. The van der Waals surface area contributed by atoms with E-state index in [1.54, 1.807) is 66.7 Å². The summed E-state index contributed by atoms with van der Waals surface area (Å²) in [6.45, 7) is 2.19. The molecule has 3 atom stereocenters. The van der Waals surface area contributed by atoms with Gasteiger partial charge >= 0.3 is 5.97 Å². The Labute approximate surface area is 195 Å². The standard InChI is InChI=1S/C26H22N2O6/c1-2-33-20-15-9-8-14-19(20)27-24(29)21-22(17-12-6-7-13-18(17)26(31)32)28(34-23(21)25(27)30)16-10-4-3-5-11-16/h3-15,21-23H,2H2,1H3,(H,31,32)/t21-,22+,23-/m0/s1. The summed E-state index contributed by atoms with van der Waals surface area (Å²) in [7, 11) is 0. The molecule has 2 aliphatic rings. The summed E-state index contributed by atoms with van der Waals surface area (Å²) in [5.41, 5.74) is 1.40. The number of hydroxylamine groups is 1. The monoisotopic (exact) mass is 458 g/mol. The van der Waals surface area contributed by atoms with E-state index in [4.69, 9.17) is 9.57 Å². The molecular formula is C26H22N2O6. The first-order valence-electron chi connectivity index (χ1n) is 11.0. The van der Waals surface area contributed by atoms with Crippen LogP contribution in [0.2, 0.25) is 0 Å². The van der Waals surface area contributed by atoms with Crippen molar-refractivity contribution in [2.75, 3.05) is 16.6 Å². The Bertz CT molecular complexity index is 1260. The number of ether oxygens (including phenoxy) is 1. The molecule has 3 aromatic rings. The highest BCUT2D eigenvalue weighted by molar-refractivity contribution is 6.24. The second kappa shape index (κ2) is 8.64. The summed E-state index contributed by atoms with van der Waals surface area (Å²) in [5, 5.41) is 11.3. The van der Waals surface area contributed by atoms with E-state index in [9.17, 15) is 19.5 Å². The van der Waals surface area contributed by atoms with Gasteiger partial charge in [-0.2, -0.15) is 0 Å². The molecule has 0 bridgehead atoms. The molecule has 0 saturated carbocycles. The SMILES string of the molecule is CCOc1ccccc1N1C(=O)[C@@H]2[C@H](ON(c3ccccc3)[C@@H]2c2ccccc2C(=O)O)C1=O. The minimum Gasteiger partial charge on any atom is -0.492 e. The van der Waals surface area contributed by atoms with E-state index in [0.29, 0.717) is 29.3 Å². The van der Waals surface area contributed by atoms with Crippen LogP contribution < -0.4 is 14.7 Å². The molecule has 172 valence electrons. The van der Waals surface area contributed by atoms with E-state index >= 15 is 0 Å². The first-order valence-corrected chi connectivity index (χ1v) is 11.0. The van der Waals surface area contributed by atoms with Crippen molar-refractivity contribution in [2.24, 2.45) is 5.92 Å². The van der Waals surface area contributed by atoms with Crippen molar-refractivity contribution in [2.45, 2.75) is 19.1 Å². The minimum atomic E-state index is -1.12.